The molecule has 9 heavy (non-hydrogen) atoms. The standard InChI is InChI=1S/C5H5FN2O/c1-9-5-3-2-4(6)7-8-5/h2-3H,1H3. The Kier molecular flexibility index (Phi) is 1.58. The van der Waals surface area contributed by atoms with Gasteiger partial charge in [0.1, 0.15) is 0 Å². The summed E-state index contributed by atoms with van der Waals surface area (Å²) in [6, 6.07) is 2.59. The van der Waals surface area contributed by atoms with E-state index >= 15 is 0 Å². The number of halogens is 1. The highest BCUT2D eigenvalue weighted by atomic mass is 19.1. The van der Waals surface area contributed by atoms with E-state index in [0.29, 0.717) is 5.88 Å². The van der Waals surface area contributed by atoms with Crippen LogP contribution in [-0.4, -0.2) is 17.3 Å². The lowest BCUT2D eigenvalue weighted by atomic mass is 10.6. The van der Waals surface area contributed by atoms with Gasteiger partial charge in [-0.1, -0.05) is 0 Å². The van der Waals surface area contributed by atoms with Crippen LogP contribution in [0, 0.1) is 5.95 Å². The average molecular weight is 128 g/mol. The normalized spacial score (nSPS) is 9.11. The van der Waals surface area contributed by atoms with Crippen molar-refractivity contribution >= 4 is 0 Å². The average Bonchev–Trinajstić information content (AvgIpc) is 1.90. The van der Waals surface area contributed by atoms with Crippen LogP contribution in [0.2, 0.25) is 0 Å². The van der Waals surface area contributed by atoms with E-state index in [-0.39, 0.29) is 0 Å². The number of aromatic nitrogens is 2. The zero-order valence-electron chi connectivity index (χ0n) is 4.84. The largest absolute Gasteiger partial charge is 0.480 e. The third-order valence-electron chi connectivity index (χ3n) is 0.817. The molecule has 0 fully saturated rings. The van der Waals surface area contributed by atoms with Crippen LogP contribution in [0.25, 0.3) is 0 Å². The van der Waals surface area contributed by atoms with Crippen molar-refractivity contribution in [3.63, 3.8) is 0 Å². The molecule has 0 N–H and O–H groups in total. The summed E-state index contributed by atoms with van der Waals surface area (Å²) in [4.78, 5) is 0. The summed E-state index contributed by atoms with van der Waals surface area (Å²) >= 11 is 0. The Hall–Kier alpha value is -1.19. The van der Waals surface area contributed by atoms with Crippen LogP contribution < -0.4 is 4.74 Å². The highest BCUT2D eigenvalue weighted by molar-refractivity contribution is 5.05. The Bertz CT molecular complexity index is 187. The maximum absolute atomic E-state index is 12.0. The van der Waals surface area contributed by atoms with E-state index in [1.165, 1.54) is 19.2 Å². The first-order chi connectivity index (χ1) is 4.33. The molecule has 0 aromatic carbocycles. The lowest BCUT2D eigenvalue weighted by Crippen LogP contribution is -1.91. The van der Waals surface area contributed by atoms with Crippen LogP contribution in [0.1, 0.15) is 0 Å². The summed E-state index contributed by atoms with van der Waals surface area (Å²) in [5.74, 6) is -0.285. The summed E-state index contributed by atoms with van der Waals surface area (Å²) in [5, 5.41) is 6.46. The Balaban J connectivity index is 2.88. The van der Waals surface area contributed by atoms with E-state index in [4.69, 9.17) is 0 Å². The topological polar surface area (TPSA) is 35.0 Å². The van der Waals surface area contributed by atoms with Gasteiger partial charge in [-0.05, 0) is 0 Å². The Morgan fingerprint density at radius 1 is 1.44 bits per heavy atom. The van der Waals surface area contributed by atoms with Crippen molar-refractivity contribution in [1.29, 1.82) is 0 Å². The fourth-order valence-electron chi connectivity index (χ4n) is 0.413. The number of ether oxygens (including phenoxy) is 1. The predicted octanol–water partition coefficient (Wildman–Crippen LogP) is 0.624. The van der Waals surface area contributed by atoms with Gasteiger partial charge < -0.3 is 4.74 Å². The Morgan fingerprint density at radius 2 is 2.22 bits per heavy atom. The van der Waals surface area contributed by atoms with Gasteiger partial charge in [0.05, 0.1) is 7.11 Å². The first-order valence-corrected chi connectivity index (χ1v) is 2.36. The molecule has 0 saturated heterocycles. The van der Waals surface area contributed by atoms with Crippen LogP contribution in [0.5, 0.6) is 5.88 Å². The van der Waals surface area contributed by atoms with E-state index in [2.05, 4.69) is 14.9 Å². The van der Waals surface area contributed by atoms with Crippen molar-refractivity contribution < 1.29 is 9.13 Å². The van der Waals surface area contributed by atoms with E-state index in [1.54, 1.807) is 0 Å². The monoisotopic (exact) mass is 128 g/mol. The van der Waals surface area contributed by atoms with E-state index in [9.17, 15) is 4.39 Å². The molecule has 3 nitrogen and oxygen atoms in total. The molecule has 0 spiro atoms. The molecule has 0 aliphatic carbocycles. The van der Waals surface area contributed by atoms with Gasteiger partial charge in [-0.2, -0.15) is 4.39 Å². The summed E-state index contributed by atoms with van der Waals surface area (Å²) in [7, 11) is 1.45. The summed E-state index contributed by atoms with van der Waals surface area (Å²) in [6.45, 7) is 0. The molecule has 0 aliphatic rings. The SMILES string of the molecule is COc1ccc(F)nn1. The molecule has 48 valence electrons. The van der Waals surface area contributed by atoms with Gasteiger partial charge in [0.25, 0.3) is 0 Å². The number of rotatable bonds is 1. The molecule has 0 atom stereocenters. The van der Waals surface area contributed by atoms with Crippen molar-refractivity contribution in [2.24, 2.45) is 0 Å². The summed E-state index contributed by atoms with van der Waals surface area (Å²) in [6.07, 6.45) is 0. The minimum atomic E-state index is -0.601. The molecule has 1 rings (SSSR count). The first-order valence-electron chi connectivity index (χ1n) is 2.36. The predicted molar refractivity (Wildman–Crippen MR) is 28.5 cm³/mol. The molecule has 1 aromatic rings. The molecular weight excluding hydrogens is 123 g/mol. The molecule has 1 aromatic heterocycles. The molecule has 0 saturated carbocycles. The lowest BCUT2D eigenvalue weighted by Gasteiger charge is -1.92. The van der Waals surface area contributed by atoms with Gasteiger partial charge in [0, 0.05) is 12.1 Å². The van der Waals surface area contributed by atoms with Gasteiger partial charge in [0.15, 0.2) is 0 Å². The third kappa shape index (κ3) is 1.35. The maximum atomic E-state index is 12.0. The molecular formula is C5H5FN2O. The molecule has 0 amide bonds. The van der Waals surface area contributed by atoms with E-state index in [0.717, 1.165) is 0 Å². The molecule has 1 heterocycles. The van der Waals surface area contributed by atoms with Crippen LogP contribution in [0.4, 0.5) is 4.39 Å². The second-order valence-electron chi connectivity index (χ2n) is 1.40. The van der Waals surface area contributed by atoms with Crippen molar-refractivity contribution in [3.05, 3.63) is 18.1 Å². The van der Waals surface area contributed by atoms with Gasteiger partial charge in [-0.3, -0.25) is 0 Å². The Labute approximate surface area is 51.5 Å². The van der Waals surface area contributed by atoms with Gasteiger partial charge >= 0.3 is 0 Å². The van der Waals surface area contributed by atoms with Crippen LogP contribution in [-0.2, 0) is 0 Å². The molecule has 0 unspecified atom stereocenters. The van der Waals surface area contributed by atoms with Crippen LogP contribution in [0.15, 0.2) is 12.1 Å². The molecule has 0 bridgehead atoms. The van der Waals surface area contributed by atoms with Crippen molar-refractivity contribution in [2.45, 2.75) is 0 Å². The fourth-order valence-corrected chi connectivity index (χ4v) is 0.413. The third-order valence-corrected chi connectivity index (χ3v) is 0.817. The van der Waals surface area contributed by atoms with Gasteiger partial charge in [0.2, 0.25) is 11.8 Å². The van der Waals surface area contributed by atoms with Crippen molar-refractivity contribution in [2.75, 3.05) is 7.11 Å². The molecule has 4 heteroatoms. The fraction of sp³-hybridized carbons (Fsp3) is 0.200. The minimum absolute atomic E-state index is 0.316. The highest BCUT2D eigenvalue weighted by Gasteiger charge is 1.91. The second kappa shape index (κ2) is 2.39. The number of methoxy groups -OCH3 is 1. The zero-order chi connectivity index (χ0) is 6.69. The van der Waals surface area contributed by atoms with Crippen molar-refractivity contribution in [3.8, 4) is 5.88 Å². The highest BCUT2D eigenvalue weighted by Crippen LogP contribution is 2.00. The van der Waals surface area contributed by atoms with Crippen LogP contribution in [0.3, 0.4) is 0 Å². The molecule has 0 aliphatic heterocycles. The first kappa shape index (κ1) is 5.94. The minimum Gasteiger partial charge on any atom is -0.480 e. The van der Waals surface area contributed by atoms with Crippen LogP contribution >= 0.6 is 0 Å². The van der Waals surface area contributed by atoms with Gasteiger partial charge in [-0.15, -0.1) is 10.2 Å². The second-order valence-corrected chi connectivity index (χ2v) is 1.40. The summed E-state index contributed by atoms with van der Waals surface area (Å²) in [5.41, 5.74) is 0. The van der Waals surface area contributed by atoms with E-state index < -0.39 is 5.95 Å². The quantitative estimate of drug-likeness (QED) is 0.556. The Morgan fingerprint density at radius 3 is 2.67 bits per heavy atom. The maximum Gasteiger partial charge on any atom is 0.233 e. The molecule has 0 radical (unpaired) electrons. The number of hydrogen-bond donors (Lipinski definition) is 0. The zero-order valence-corrected chi connectivity index (χ0v) is 4.84. The van der Waals surface area contributed by atoms with Crippen molar-refractivity contribution in [1.82, 2.24) is 10.2 Å². The summed E-state index contributed by atoms with van der Waals surface area (Å²) < 4.78 is 16.6. The lowest BCUT2D eigenvalue weighted by molar-refractivity contribution is 0.386. The van der Waals surface area contributed by atoms with E-state index in [1.807, 2.05) is 0 Å². The number of hydrogen-bond acceptors (Lipinski definition) is 3. The van der Waals surface area contributed by atoms with Gasteiger partial charge in [-0.25, -0.2) is 0 Å². The smallest absolute Gasteiger partial charge is 0.233 e. The number of nitrogens with zero attached hydrogens (tertiary/aromatic N) is 2.